The van der Waals surface area contributed by atoms with E-state index < -0.39 is 0 Å². The van der Waals surface area contributed by atoms with E-state index in [1.54, 1.807) is 42.5 Å². The number of benzene rings is 2. The molecule has 0 saturated carbocycles. The van der Waals surface area contributed by atoms with Crippen molar-refractivity contribution in [2.75, 3.05) is 12.4 Å². The number of anilines is 1. The molecule has 0 aromatic heterocycles. The van der Waals surface area contributed by atoms with E-state index in [4.69, 9.17) is 0 Å². The molecule has 2 aromatic rings. The van der Waals surface area contributed by atoms with Gasteiger partial charge in [-0.3, -0.25) is 19.3 Å². The van der Waals surface area contributed by atoms with Crippen LogP contribution < -0.4 is 5.32 Å². The molecule has 1 N–H and O–H groups in total. The highest BCUT2D eigenvalue weighted by Gasteiger charge is 2.28. The van der Waals surface area contributed by atoms with Gasteiger partial charge in [0.2, 0.25) is 0 Å². The third kappa shape index (κ3) is 3.23. The molecule has 120 valence electrons. The second-order valence-corrected chi connectivity index (χ2v) is 6.21. The average Bonchev–Trinajstić information content (AvgIpc) is 2.84. The number of nitrogens with zero attached hydrogens (tertiary/aromatic N) is 1. The Bertz CT molecular complexity index is 846. The van der Waals surface area contributed by atoms with Crippen LogP contribution in [0.4, 0.5) is 5.69 Å². The van der Waals surface area contributed by atoms with E-state index in [9.17, 15) is 14.4 Å². The van der Waals surface area contributed by atoms with Gasteiger partial charge in [0.1, 0.15) is 0 Å². The molecule has 0 fully saturated rings. The maximum absolute atomic E-state index is 12.3. The van der Waals surface area contributed by atoms with Crippen LogP contribution in [0.15, 0.2) is 70.5 Å². The maximum Gasteiger partial charge on any atom is 0.267 e. The Morgan fingerprint density at radius 1 is 1.00 bits per heavy atom. The van der Waals surface area contributed by atoms with E-state index in [1.165, 1.54) is 13.1 Å². The second kappa shape index (κ2) is 6.72. The number of carbonyl (C=O) groups is 3. The molecule has 24 heavy (non-hydrogen) atoms. The van der Waals surface area contributed by atoms with Crippen LogP contribution in [-0.4, -0.2) is 29.7 Å². The lowest BCUT2D eigenvalue weighted by Crippen LogP contribution is -2.25. The third-order valence-electron chi connectivity index (χ3n) is 3.49. The fourth-order valence-electron chi connectivity index (χ4n) is 2.17. The van der Waals surface area contributed by atoms with Gasteiger partial charge in [0.15, 0.2) is 0 Å². The zero-order valence-corrected chi connectivity index (χ0v) is 13.7. The number of carbonyl (C=O) groups excluding carboxylic acids is 3. The molecule has 0 saturated heterocycles. The molecule has 2 aromatic carbocycles. The summed E-state index contributed by atoms with van der Waals surface area (Å²) in [4.78, 5) is 38.0. The maximum atomic E-state index is 12.3. The number of amides is 3. The average molecular weight is 338 g/mol. The predicted octanol–water partition coefficient (Wildman–Crippen LogP) is 2.91. The quantitative estimate of drug-likeness (QED) is 0.871. The van der Waals surface area contributed by atoms with Crippen molar-refractivity contribution in [3.63, 3.8) is 0 Å². The van der Waals surface area contributed by atoms with E-state index in [1.807, 2.05) is 12.1 Å². The van der Waals surface area contributed by atoms with Crippen LogP contribution in [0.1, 0.15) is 10.4 Å². The monoisotopic (exact) mass is 338 g/mol. The Kier molecular flexibility index (Phi) is 4.48. The van der Waals surface area contributed by atoms with E-state index >= 15 is 0 Å². The van der Waals surface area contributed by atoms with Crippen molar-refractivity contribution in [1.29, 1.82) is 0 Å². The molecule has 0 bridgehead atoms. The molecule has 0 atom stereocenters. The lowest BCUT2D eigenvalue weighted by atomic mass is 10.2. The zero-order chi connectivity index (χ0) is 17.1. The predicted molar refractivity (Wildman–Crippen MR) is 92.6 cm³/mol. The smallest absolute Gasteiger partial charge is 0.267 e. The fraction of sp³-hybridized carbons (Fsp3) is 0.0556. The van der Waals surface area contributed by atoms with Crippen molar-refractivity contribution in [3.05, 3.63) is 71.1 Å². The number of rotatable bonds is 4. The van der Waals surface area contributed by atoms with Gasteiger partial charge in [-0.2, -0.15) is 0 Å². The second-order valence-electron chi connectivity index (χ2n) is 5.13. The van der Waals surface area contributed by atoms with E-state index in [2.05, 4.69) is 5.32 Å². The Hall–Kier alpha value is -2.86. The Morgan fingerprint density at radius 2 is 1.67 bits per heavy atom. The minimum Gasteiger partial charge on any atom is -0.321 e. The number of para-hydroxylation sites is 1. The molecule has 6 heteroatoms. The van der Waals surface area contributed by atoms with Crippen LogP contribution >= 0.6 is 11.8 Å². The Morgan fingerprint density at radius 3 is 2.33 bits per heavy atom. The first kappa shape index (κ1) is 16.0. The lowest BCUT2D eigenvalue weighted by molar-refractivity contribution is -0.135. The lowest BCUT2D eigenvalue weighted by Gasteiger charge is -2.11. The normalized spacial score (nSPS) is 13.9. The summed E-state index contributed by atoms with van der Waals surface area (Å²) in [5.41, 5.74) is 1.13. The molecule has 1 aliphatic heterocycles. The Balaban J connectivity index is 1.82. The highest BCUT2D eigenvalue weighted by molar-refractivity contribution is 8.04. The molecule has 3 rings (SSSR count). The molecule has 0 radical (unpaired) electrons. The van der Waals surface area contributed by atoms with Crippen molar-refractivity contribution < 1.29 is 14.4 Å². The van der Waals surface area contributed by atoms with Gasteiger partial charge in [-0.25, -0.2) is 0 Å². The summed E-state index contributed by atoms with van der Waals surface area (Å²) in [5.74, 6) is -0.911. The zero-order valence-electron chi connectivity index (χ0n) is 12.9. The van der Waals surface area contributed by atoms with E-state index in [0.29, 0.717) is 21.1 Å². The van der Waals surface area contributed by atoms with Crippen LogP contribution in [0.25, 0.3) is 0 Å². The number of hydrogen-bond acceptors (Lipinski definition) is 4. The summed E-state index contributed by atoms with van der Waals surface area (Å²) in [6, 6.07) is 16.0. The first-order valence-electron chi connectivity index (χ1n) is 7.23. The SMILES string of the molecule is CN1C(=O)C=C(Sc2ccccc2NC(=O)c2ccccc2)C1=O. The topological polar surface area (TPSA) is 66.5 Å². The van der Waals surface area contributed by atoms with Gasteiger partial charge in [0, 0.05) is 23.6 Å². The van der Waals surface area contributed by atoms with Crippen LogP contribution in [0.3, 0.4) is 0 Å². The third-order valence-corrected chi connectivity index (χ3v) is 4.58. The molecule has 0 spiro atoms. The standard InChI is InChI=1S/C18H14N2O3S/c1-20-16(21)11-15(18(20)23)24-14-10-6-5-9-13(14)19-17(22)12-7-3-2-4-8-12/h2-11H,1H3,(H,19,22). The molecular weight excluding hydrogens is 324 g/mol. The molecule has 5 nitrogen and oxygen atoms in total. The highest BCUT2D eigenvalue weighted by atomic mass is 32.2. The first-order valence-corrected chi connectivity index (χ1v) is 8.05. The number of likely N-dealkylation sites (N-methyl/N-ethyl adjacent to an activating group) is 1. The van der Waals surface area contributed by atoms with Gasteiger partial charge in [-0.1, -0.05) is 42.1 Å². The molecule has 3 amide bonds. The summed E-state index contributed by atoms with van der Waals surface area (Å²) >= 11 is 1.16. The van der Waals surface area contributed by atoms with Gasteiger partial charge < -0.3 is 5.32 Å². The minimum absolute atomic E-state index is 0.233. The number of thioether (sulfide) groups is 1. The summed E-state index contributed by atoms with van der Waals surface area (Å²) in [7, 11) is 1.44. The van der Waals surface area contributed by atoms with Crippen molar-refractivity contribution >= 4 is 35.2 Å². The minimum atomic E-state index is -0.340. The summed E-state index contributed by atoms with van der Waals surface area (Å²) in [6.07, 6.45) is 1.31. The van der Waals surface area contributed by atoms with Gasteiger partial charge in [-0.15, -0.1) is 0 Å². The van der Waals surface area contributed by atoms with Crippen LogP contribution in [0.2, 0.25) is 0 Å². The number of nitrogens with one attached hydrogen (secondary N) is 1. The summed E-state index contributed by atoms with van der Waals surface area (Å²) < 4.78 is 0. The number of imide groups is 1. The first-order chi connectivity index (χ1) is 11.6. The molecule has 1 aliphatic rings. The summed E-state index contributed by atoms with van der Waals surface area (Å²) in [5, 5.41) is 2.84. The Labute approximate surface area is 143 Å². The van der Waals surface area contributed by atoms with Crippen molar-refractivity contribution in [2.45, 2.75) is 4.90 Å². The van der Waals surface area contributed by atoms with Crippen molar-refractivity contribution in [2.24, 2.45) is 0 Å². The molecule has 1 heterocycles. The van der Waals surface area contributed by atoms with Crippen molar-refractivity contribution in [3.8, 4) is 0 Å². The van der Waals surface area contributed by atoms with Crippen molar-refractivity contribution in [1.82, 2.24) is 4.90 Å². The largest absolute Gasteiger partial charge is 0.321 e. The van der Waals surface area contributed by atoms with Gasteiger partial charge >= 0.3 is 0 Å². The van der Waals surface area contributed by atoms with Gasteiger partial charge in [0.05, 0.1) is 10.6 Å². The van der Waals surface area contributed by atoms with Gasteiger partial charge in [-0.05, 0) is 24.3 Å². The summed E-state index contributed by atoms with van der Waals surface area (Å²) in [6.45, 7) is 0. The van der Waals surface area contributed by atoms with Crippen LogP contribution in [0, 0.1) is 0 Å². The van der Waals surface area contributed by atoms with E-state index in [-0.39, 0.29) is 17.7 Å². The molecule has 0 unspecified atom stereocenters. The van der Waals surface area contributed by atoms with Crippen LogP contribution in [-0.2, 0) is 9.59 Å². The van der Waals surface area contributed by atoms with Crippen LogP contribution in [0.5, 0.6) is 0 Å². The highest BCUT2D eigenvalue weighted by Crippen LogP contribution is 2.35. The fourth-order valence-corrected chi connectivity index (χ4v) is 3.17. The van der Waals surface area contributed by atoms with Gasteiger partial charge in [0.25, 0.3) is 17.7 Å². The molecular formula is C18H14N2O3S. The number of hydrogen-bond donors (Lipinski definition) is 1. The van der Waals surface area contributed by atoms with E-state index in [0.717, 1.165) is 16.7 Å². The molecule has 0 aliphatic carbocycles.